The standard InChI is InChI=1S/C16H27N3/c1-4-16(3)7-10-19(11-8-16)13-15-12-14(17-5-2)6-9-18-15/h6,9,12H,4-5,7-8,10-11,13H2,1-3H3,(H,17,18). The van der Waals surface area contributed by atoms with Gasteiger partial charge >= 0.3 is 0 Å². The first-order chi connectivity index (χ1) is 9.15. The van der Waals surface area contributed by atoms with Gasteiger partial charge in [-0.25, -0.2) is 0 Å². The quantitative estimate of drug-likeness (QED) is 0.879. The number of pyridine rings is 1. The molecule has 1 fully saturated rings. The van der Waals surface area contributed by atoms with Gasteiger partial charge in [0, 0.05) is 25.0 Å². The molecule has 1 aliphatic rings. The number of anilines is 1. The number of aromatic nitrogens is 1. The van der Waals surface area contributed by atoms with E-state index in [9.17, 15) is 0 Å². The van der Waals surface area contributed by atoms with Gasteiger partial charge in [0.2, 0.25) is 0 Å². The van der Waals surface area contributed by atoms with Crippen LogP contribution in [-0.2, 0) is 6.54 Å². The van der Waals surface area contributed by atoms with Gasteiger partial charge in [-0.1, -0.05) is 20.3 Å². The molecule has 2 rings (SSSR count). The van der Waals surface area contributed by atoms with Crippen molar-refractivity contribution >= 4 is 5.69 Å². The third-order valence-corrected chi connectivity index (χ3v) is 4.50. The molecule has 0 aromatic carbocycles. The fourth-order valence-electron chi connectivity index (χ4n) is 2.71. The minimum absolute atomic E-state index is 0.565. The van der Waals surface area contributed by atoms with Crippen LogP contribution in [0.4, 0.5) is 5.69 Å². The van der Waals surface area contributed by atoms with Crippen LogP contribution in [0.2, 0.25) is 0 Å². The SMILES string of the molecule is CCNc1ccnc(CN2CCC(C)(CC)CC2)c1. The number of hydrogen-bond donors (Lipinski definition) is 1. The van der Waals surface area contributed by atoms with Crippen molar-refractivity contribution in [1.29, 1.82) is 0 Å². The van der Waals surface area contributed by atoms with Crippen molar-refractivity contribution < 1.29 is 0 Å². The molecule has 1 N–H and O–H groups in total. The summed E-state index contributed by atoms with van der Waals surface area (Å²) in [6.07, 6.45) is 5.84. The van der Waals surface area contributed by atoms with E-state index in [-0.39, 0.29) is 0 Å². The Morgan fingerprint density at radius 3 is 2.68 bits per heavy atom. The van der Waals surface area contributed by atoms with Crippen molar-refractivity contribution in [2.75, 3.05) is 25.0 Å². The molecule has 0 bridgehead atoms. The lowest BCUT2D eigenvalue weighted by molar-refractivity contribution is 0.109. The molecule has 3 nitrogen and oxygen atoms in total. The minimum Gasteiger partial charge on any atom is -0.385 e. The zero-order chi connectivity index (χ0) is 13.7. The Labute approximate surface area is 117 Å². The van der Waals surface area contributed by atoms with E-state index in [0.29, 0.717) is 5.41 Å². The Hall–Kier alpha value is -1.09. The molecule has 3 heteroatoms. The van der Waals surface area contributed by atoms with E-state index in [0.717, 1.165) is 13.1 Å². The van der Waals surface area contributed by atoms with Crippen LogP contribution in [0.5, 0.6) is 0 Å². The molecule has 106 valence electrons. The van der Waals surface area contributed by atoms with E-state index in [4.69, 9.17) is 0 Å². The molecule has 19 heavy (non-hydrogen) atoms. The highest BCUT2D eigenvalue weighted by atomic mass is 15.1. The summed E-state index contributed by atoms with van der Waals surface area (Å²) in [5.41, 5.74) is 2.93. The van der Waals surface area contributed by atoms with Crippen molar-refractivity contribution in [1.82, 2.24) is 9.88 Å². The minimum atomic E-state index is 0.565. The van der Waals surface area contributed by atoms with E-state index in [1.165, 1.54) is 43.7 Å². The van der Waals surface area contributed by atoms with Crippen molar-refractivity contribution in [2.24, 2.45) is 5.41 Å². The highest BCUT2D eigenvalue weighted by Crippen LogP contribution is 2.34. The van der Waals surface area contributed by atoms with Gasteiger partial charge in [0.15, 0.2) is 0 Å². The molecule has 0 unspecified atom stereocenters. The summed E-state index contributed by atoms with van der Waals surface area (Å²) in [6, 6.07) is 4.22. The molecule has 0 saturated carbocycles. The molecule has 1 saturated heterocycles. The Bertz CT molecular complexity index is 395. The van der Waals surface area contributed by atoms with Gasteiger partial charge in [0.1, 0.15) is 0 Å². The topological polar surface area (TPSA) is 28.2 Å². The predicted molar refractivity (Wildman–Crippen MR) is 81.3 cm³/mol. The second-order valence-electron chi connectivity index (χ2n) is 6.01. The van der Waals surface area contributed by atoms with E-state index >= 15 is 0 Å². The number of piperidine rings is 1. The van der Waals surface area contributed by atoms with Crippen molar-refractivity contribution in [3.05, 3.63) is 24.0 Å². The fraction of sp³-hybridized carbons (Fsp3) is 0.688. The molecular weight excluding hydrogens is 234 g/mol. The van der Waals surface area contributed by atoms with Gasteiger partial charge in [0.25, 0.3) is 0 Å². The monoisotopic (exact) mass is 261 g/mol. The first-order valence-corrected chi connectivity index (χ1v) is 7.56. The number of nitrogens with one attached hydrogen (secondary N) is 1. The number of likely N-dealkylation sites (tertiary alicyclic amines) is 1. The zero-order valence-corrected chi connectivity index (χ0v) is 12.6. The van der Waals surface area contributed by atoms with Crippen molar-refractivity contribution in [3.8, 4) is 0 Å². The van der Waals surface area contributed by atoms with Crippen molar-refractivity contribution in [3.63, 3.8) is 0 Å². The third-order valence-electron chi connectivity index (χ3n) is 4.50. The smallest absolute Gasteiger partial charge is 0.0564 e. The first kappa shape index (κ1) is 14.3. The Kier molecular flexibility index (Phi) is 4.81. The maximum absolute atomic E-state index is 4.49. The predicted octanol–water partition coefficient (Wildman–Crippen LogP) is 3.53. The average molecular weight is 261 g/mol. The van der Waals surface area contributed by atoms with Crippen molar-refractivity contribution in [2.45, 2.75) is 46.6 Å². The Morgan fingerprint density at radius 1 is 1.32 bits per heavy atom. The first-order valence-electron chi connectivity index (χ1n) is 7.56. The Morgan fingerprint density at radius 2 is 2.05 bits per heavy atom. The van der Waals surface area contributed by atoms with Crippen LogP contribution in [0.3, 0.4) is 0 Å². The number of rotatable bonds is 5. The average Bonchev–Trinajstić information content (AvgIpc) is 2.43. The molecule has 0 radical (unpaired) electrons. The second-order valence-corrected chi connectivity index (χ2v) is 6.01. The highest BCUT2D eigenvalue weighted by molar-refractivity contribution is 5.42. The molecule has 1 aliphatic heterocycles. The normalized spacial score (nSPS) is 19.3. The number of nitrogens with zero attached hydrogens (tertiary/aromatic N) is 2. The maximum Gasteiger partial charge on any atom is 0.0564 e. The van der Waals surface area contributed by atoms with E-state index in [1.807, 2.05) is 12.3 Å². The molecule has 0 spiro atoms. The molecule has 1 aromatic rings. The highest BCUT2D eigenvalue weighted by Gasteiger charge is 2.28. The van der Waals surface area contributed by atoms with Gasteiger partial charge < -0.3 is 5.32 Å². The summed E-state index contributed by atoms with van der Waals surface area (Å²) in [5.74, 6) is 0. The molecule has 0 aliphatic carbocycles. The zero-order valence-electron chi connectivity index (χ0n) is 12.6. The summed E-state index contributed by atoms with van der Waals surface area (Å²) in [4.78, 5) is 7.03. The van der Waals surface area contributed by atoms with E-state index in [2.05, 4.69) is 42.0 Å². The Balaban J connectivity index is 1.90. The summed E-state index contributed by atoms with van der Waals surface area (Å²) in [5, 5.41) is 3.35. The van der Waals surface area contributed by atoms with E-state index in [1.54, 1.807) is 0 Å². The third kappa shape index (κ3) is 3.93. The van der Waals surface area contributed by atoms with Crippen LogP contribution in [0, 0.1) is 5.41 Å². The maximum atomic E-state index is 4.49. The summed E-state index contributed by atoms with van der Waals surface area (Å²) in [7, 11) is 0. The summed E-state index contributed by atoms with van der Waals surface area (Å²) in [6.45, 7) is 11.2. The van der Waals surface area contributed by atoms with Crippen LogP contribution < -0.4 is 5.32 Å². The van der Waals surface area contributed by atoms with Gasteiger partial charge in [-0.15, -0.1) is 0 Å². The van der Waals surface area contributed by atoms with E-state index < -0.39 is 0 Å². The molecular formula is C16H27N3. The summed E-state index contributed by atoms with van der Waals surface area (Å²) >= 11 is 0. The van der Waals surface area contributed by atoms with Crippen LogP contribution in [0.1, 0.15) is 45.7 Å². The largest absolute Gasteiger partial charge is 0.385 e. The van der Waals surface area contributed by atoms with Gasteiger partial charge in [-0.05, 0) is 50.4 Å². The molecule has 0 atom stereocenters. The van der Waals surface area contributed by atoms with Gasteiger partial charge in [-0.2, -0.15) is 0 Å². The van der Waals surface area contributed by atoms with Crippen LogP contribution in [-0.4, -0.2) is 29.5 Å². The van der Waals surface area contributed by atoms with Gasteiger partial charge in [0.05, 0.1) is 5.69 Å². The molecule has 1 aromatic heterocycles. The molecule has 2 heterocycles. The summed E-state index contributed by atoms with van der Waals surface area (Å²) < 4.78 is 0. The lowest BCUT2D eigenvalue weighted by Crippen LogP contribution is -2.38. The lowest BCUT2D eigenvalue weighted by atomic mass is 9.78. The fourth-order valence-corrected chi connectivity index (χ4v) is 2.71. The molecule has 0 amide bonds. The number of hydrogen-bond acceptors (Lipinski definition) is 3. The van der Waals surface area contributed by atoms with Crippen LogP contribution in [0.15, 0.2) is 18.3 Å². The second kappa shape index (κ2) is 6.38. The van der Waals surface area contributed by atoms with Crippen LogP contribution >= 0.6 is 0 Å². The lowest BCUT2D eigenvalue weighted by Gasteiger charge is -2.38. The van der Waals surface area contributed by atoms with Crippen LogP contribution in [0.25, 0.3) is 0 Å². The van der Waals surface area contributed by atoms with Gasteiger partial charge in [-0.3, -0.25) is 9.88 Å².